The highest BCUT2D eigenvalue weighted by Crippen LogP contribution is 2.35. The van der Waals surface area contributed by atoms with E-state index in [1.165, 1.54) is 12.8 Å². The van der Waals surface area contributed by atoms with Gasteiger partial charge in [0.05, 0.1) is 16.1 Å². The molecule has 22 heavy (non-hydrogen) atoms. The number of aromatic nitrogens is 3. The van der Waals surface area contributed by atoms with Crippen molar-refractivity contribution < 1.29 is 9.84 Å². The lowest BCUT2D eigenvalue weighted by Crippen LogP contribution is -2.31. The maximum Gasteiger partial charge on any atom is 0.136 e. The lowest BCUT2D eigenvalue weighted by atomic mass is 9.90. The van der Waals surface area contributed by atoms with Crippen LogP contribution in [0.25, 0.3) is 11.0 Å². The number of halogens is 1. The molecule has 2 aromatic rings. The maximum atomic E-state index is 10.1. The number of hydrogen-bond acceptors (Lipinski definition) is 4. The Bertz CT molecular complexity index is 674. The molecule has 120 valence electrons. The molecule has 1 fully saturated rings. The zero-order chi connectivity index (χ0) is 15.9. The Kier molecular flexibility index (Phi) is 4.16. The van der Waals surface area contributed by atoms with Crippen LogP contribution in [0.15, 0.2) is 16.6 Å². The molecular weight excluding hydrogens is 346 g/mol. The van der Waals surface area contributed by atoms with Gasteiger partial charge in [-0.1, -0.05) is 26.0 Å². The third-order valence-corrected chi connectivity index (χ3v) is 4.88. The van der Waals surface area contributed by atoms with Gasteiger partial charge in [-0.2, -0.15) is 0 Å². The first-order valence-corrected chi connectivity index (χ1v) is 8.48. The monoisotopic (exact) mass is 367 g/mol. The van der Waals surface area contributed by atoms with Crippen LogP contribution in [-0.2, 0) is 6.54 Å². The number of fused-ring (bicyclic) bond motifs is 1. The summed E-state index contributed by atoms with van der Waals surface area (Å²) in [6.45, 7) is 7.16. The van der Waals surface area contributed by atoms with E-state index in [4.69, 9.17) is 4.74 Å². The Hall–Kier alpha value is -1.14. The van der Waals surface area contributed by atoms with Gasteiger partial charge in [-0.25, -0.2) is 4.68 Å². The highest BCUT2D eigenvalue weighted by Gasteiger charge is 2.25. The van der Waals surface area contributed by atoms with E-state index in [0.29, 0.717) is 5.75 Å². The molecule has 1 N–H and O–H groups in total. The zero-order valence-electron chi connectivity index (χ0n) is 13.2. The predicted molar refractivity (Wildman–Crippen MR) is 88.9 cm³/mol. The summed E-state index contributed by atoms with van der Waals surface area (Å²) in [6, 6.07) is 3.90. The second kappa shape index (κ2) is 5.81. The molecule has 1 aliphatic carbocycles. The average Bonchev–Trinajstić information content (AvgIpc) is 3.16. The normalized spacial score (nSPS) is 17.0. The van der Waals surface area contributed by atoms with Crippen molar-refractivity contribution in [3.63, 3.8) is 0 Å². The van der Waals surface area contributed by atoms with E-state index < -0.39 is 6.10 Å². The fraction of sp³-hybridized carbons (Fsp3) is 0.625. The minimum atomic E-state index is -0.527. The molecule has 1 aliphatic rings. The minimum Gasteiger partial charge on any atom is -0.490 e. The summed E-state index contributed by atoms with van der Waals surface area (Å²) in [5.41, 5.74) is 1.62. The smallest absolute Gasteiger partial charge is 0.136 e. The second-order valence-electron chi connectivity index (χ2n) is 7.15. The largest absolute Gasteiger partial charge is 0.490 e. The van der Waals surface area contributed by atoms with E-state index >= 15 is 0 Å². The van der Waals surface area contributed by atoms with Crippen LogP contribution in [-0.4, -0.2) is 32.8 Å². The van der Waals surface area contributed by atoms with E-state index in [9.17, 15) is 5.11 Å². The average molecular weight is 368 g/mol. The highest BCUT2D eigenvalue weighted by atomic mass is 79.9. The fourth-order valence-electron chi connectivity index (χ4n) is 2.20. The van der Waals surface area contributed by atoms with Gasteiger partial charge in [-0.3, -0.25) is 0 Å². The first-order valence-electron chi connectivity index (χ1n) is 7.69. The van der Waals surface area contributed by atoms with Crippen molar-refractivity contribution in [3.05, 3.63) is 16.6 Å². The van der Waals surface area contributed by atoms with Crippen LogP contribution in [0.4, 0.5) is 0 Å². The Balaban J connectivity index is 1.78. The van der Waals surface area contributed by atoms with Crippen LogP contribution >= 0.6 is 15.9 Å². The first-order chi connectivity index (χ1) is 10.4. The zero-order valence-corrected chi connectivity index (χ0v) is 14.8. The first kappa shape index (κ1) is 15.7. The number of aliphatic hydroxyl groups excluding tert-OH is 1. The van der Waals surface area contributed by atoms with Crippen LogP contribution in [0.2, 0.25) is 0 Å². The second-order valence-corrected chi connectivity index (χ2v) is 7.95. The fourth-order valence-corrected chi connectivity index (χ4v) is 2.73. The van der Waals surface area contributed by atoms with Crippen LogP contribution in [0, 0.1) is 11.3 Å². The van der Waals surface area contributed by atoms with E-state index in [-0.39, 0.29) is 12.0 Å². The quantitative estimate of drug-likeness (QED) is 0.879. The number of aliphatic hydroxyl groups is 1. The minimum absolute atomic E-state index is 0.204. The van der Waals surface area contributed by atoms with Crippen LogP contribution in [0.5, 0.6) is 5.75 Å². The topological polar surface area (TPSA) is 60.2 Å². The van der Waals surface area contributed by atoms with Crippen molar-refractivity contribution in [2.75, 3.05) is 6.61 Å². The summed E-state index contributed by atoms with van der Waals surface area (Å²) in [6.07, 6.45) is 2.05. The van der Waals surface area contributed by atoms with Gasteiger partial charge in [0.1, 0.15) is 17.9 Å². The lowest BCUT2D eigenvalue weighted by Gasteiger charge is -2.25. The molecule has 0 amide bonds. The molecule has 5 nitrogen and oxygen atoms in total. The molecule has 1 heterocycles. The summed E-state index contributed by atoms with van der Waals surface area (Å²) >= 11 is 3.56. The Morgan fingerprint density at radius 3 is 2.77 bits per heavy atom. The molecule has 0 aliphatic heterocycles. The van der Waals surface area contributed by atoms with Crippen molar-refractivity contribution in [1.82, 2.24) is 15.0 Å². The summed E-state index contributed by atoms with van der Waals surface area (Å²) in [5, 5.41) is 18.6. The van der Waals surface area contributed by atoms with E-state index in [1.54, 1.807) is 0 Å². The van der Waals surface area contributed by atoms with Gasteiger partial charge < -0.3 is 9.84 Å². The third kappa shape index (κ3) is 3.27. The maximum absolute atomic E-state index is 10.1. The van der Waals surface area contributed by atoms with Gasteiger partial charge >= 0.3 is 0 Å². The molecule has 1 saturated carbocycles. The molecule has 0 spiro atoms. The van der Waals surface area contributed by atoms with Crippen molar-refractivity contribution in [2.24, 2.45) is 11.3 Å². The Labute approximate surface area is 138 Å². The molecule has 1 atom stereocenters. The molecule has 6 heteroatoms. The molecule has 3 rings (SSSR count). The molecule has 1 unspecified atom stereocenters. The summed E-state index contributed by atoms with van der Waals surface area (Å²) in [7, 11) is 0. The van der Waals surface area contributed by atoms with Crippen LogP contribution in [0.1, 0.15) is 33.6 Å². The number of benzene rings is 1. The molecule has 0 bridgehead atoms. The summed E-state index contributed by atoms with van der Waals surface area (Å²) in [5.74, 6) is 1.44. The third-order valence-electron chi connectivity index (χ3n) is 4.11. The van der Waals surface area contributed by atoms with Gasteiger partial charge in [-0.05, 0) is 52.2 Å². The molecule has 0 saturated heterocycles. The van der Waals surface area contributed by atoms with E-state index in [1.807, 2.05) is 37.6 Å². The molecule has 1 aromatic heterocycles. The standard InChI is InChI=1S/C16H22BrN3O2/c1-16(2,3)13(21)9-22-12-7-6-11-15(14(12)17)18-19-20(11)8-10-4-5-10/h6-7,10,13,21H,4-5,8-9H2,1-3H3. The number of ether oxygens (including phenoxy) is 1. The van der Waals surface area contributed by atoms with Crippen molar-refractivity contribution >= 4 is 27.0 Å². The van der Waals surface area contributed by atoms with E-state index in [0.717, 1.165) is 28.0 Å². The van der Waals surface area contributed by atoms with Crippen molar-refractivity contribution in [2.45, 2.75) is 46.3 Å². The summed E-state index contributed by atoms with van der Waals surface area (Å²) < 4.78 is 8.53. The highest BCUT2D eigenvalue weighted by molar-refractivity contribution is 9.10. The lowest BCUT2D eigenvalue weighted by molar-refractivity contribution is 0.0216. The van der Waals surface area contributed by atoms with Gasteiger partial charge in [0, 0.05) is 6.54 Å². The van der Waals surface area contributed by atoms with Crippen LogP contribution < -0.4 is 4.74 Å². The number of rotatable bonds is 5. The number of nitrogens with zero attached hydrogens (tertiary/aromatic N) is 3. The van der Waals surface area contributed by atoms with Gasteiger partial charge in [0.25, 0.3) is 0 Å². The van der Waals surface area contributed by atoms with Crippen molar-refractivity contribution in [1.29, 1.82) is 0 Å². The SMILES string of the molecule is CC(C)(C)C(O)COc1ccc2c(nnn2CC2CC2)c1Br. The Morgan fingerprint density at radius 1 is 1.41 bits per heavy atom. The van der Waals surface area contributed by atoms with Gasteiger partial charge in [0.2, 0.25) is 0 Å². The summed E-state index contributed by atoms with van der Waals surface area (Å²) in [4.78, 5) is 0. The Morgan fingerprint density at radius 2 is 2.14 bits per heavy atom. The molecule has 0 radical (unpaired) electrons. The van der Waals surface area contributed by atoms with E-state index in [2.05, 4.69) is 26.2 Å². The van der Waals surface area contributed by atoms with Gasteiger partial charge in [-0.15, -0.1) is 5.10 Å². The molecule has 1 aromatic carbocycles. The van der Waals surface area contributed by atoms with Crippen molar-refractivity contribution in [3.8, 4) is 5.75 Å². The molecular formula is C16H22BrN3O2. The van der Waals surface area contributed by atoms with Gasteiger partial charge in [0.15, 0.2) is 0 Å². The number of hydrogen-bond donors (Lipinski definition) is 1. The predicted octanol–water partition coefficient (Wildman–Crippen LogP) is 3.39. The van der Waals surface area contributed by atoms with Crippen LogP contribution in [0.3, 0.4) is 0 Å².